The molecule has 8 heteroatoms. The van der Waals surface area contributed by atoms with Crippen LogP contribution in [0.3, 0.4) is 0 Å². The van der Waals surface area contributed by atoms with Crippen LogP contribution >= 0.6 is 22.7 Å². The number of hydrogen-bond acceptors (Lipinski definition) is 7. The van der Waals surface area contributed by atoms with Crippen LogP contribution in [0.1, 0.15) is 10.6 Å². The fourth-order valence-electron chi connectivity index (χ4n) is 2.79. The number of hydrogen-bond donors (Lipinski definition) is 2. The molecule has 142 valence electrons. The highest BCUT2D eigenvalue weighted by atomic mass is 32.1. The summed E-state index contributed by atoms with van der Waals surface area (Å²) >= 11 is 3.06. The van der Waals surface area contributed by atoms with Gasteiger partial charge in [-0.1, -0.05) is 12.1 Å². The van der Waals surface area contributed by atoms with E-state index in [0.29, 0.717) is 11.5 Å². The van der Waals surface area contributed by atoms with E-state index in [2.05, 4.69) is 4.98 Å². The number of methoxy groups -OCH3 is 1. The predicted octanol–water partition coefficient (Wildman–Crippen LogP) is 4.86. The molecular weight excluding hydrogens is 398 g/mol. The maximum atomic E-state index is 10.7. The Hall–Kier alpha value is -3.10. The summed E-state index contributed by atoms with van der Waals surface area (Å²) in [6.07, 6.45) is 3.79. The standard InChI is InChI=1S/C20H15NO5S2/c1-25-15-8-11(2-4-14(15)26-10-18(23)24)3-5-17-21-19-16(28-17)9-13(22)12-6-7-27-20(12)19/h2-9,22H,10H2,1H3,(H,23,24)/b5-3+. The number of ether oxygens (including phenoxy) is 2. The van der Waals surface area contributed by atoms with Gasteiger partial charge in [0.15, 0.2) is 18.1 Å². The lowest BCUT2D eigenvalue weighted by Gasteiger charge is -2.09. The monoisotopic (exact) mass is 413 g/mol. The Balaban J connectivity index is 1.62. The first-order valence-corrected chi connectivity index (χ1v) is 9.95. The molecule has 2 aromatic heterocycles. The van der Waals surface area contributed by atoms with Crippen molar-refractivity contribution < 1.29 is 24.5 Å². The summed E-state index contributed by atoms with van der Waals surface area (Å²) in [5.74, 6) is 0.0490. The van der Waals surface area contributed by atoms with Gasteiger partial charge in [-0.2, -0.15) is 0 Å². The average Bonchev–Trinajstić information content (AvgIpc) is 3.31. The molecule has 2 N–H and O–H groups in total. The lowest BCUT2D eigenvalue weighted by Crippen LogP contribution is -2.10. The Labute approximate surface area is 167 Å². The molecule has 0 saturated heterocycles. The second-order valence-corrected chi connectivity index (χ2v) is 7.86. The van der Waals surface area contributed by atoms with E-state index < -0.39 is 12.6 Å². The van der Waals surface area contributed by atoms with Crippen molar-refractivity contribution in [2.24, 2.45) is 0 Å². The number of fused-ring (bicyclic) bond motifs is 3. The fourth-order valence-corrected chi connectivity index (χ4v) is 4.68. The van der Waals surface area contributed by atoms with Gasteiger partial charge in [0.05, 0.1) is 22.0 Å². The van der Waals surface area contributed by atoms with Crippen molar-refractivity contribution in [3.63, 3.8) is 0 Å². The number of aromatic hydroxyl groups is 1. The Morgan fingerprint density at radius 2 is 2.07 bits per heavy atom. The van der Waals surface area contributed by atoms with Crippen molar-refractivity contribution in [2.75, 3.05) is 13.7 Å². The number of thiophene rings is 1. The molecule has 0 aliphatic heterocycles. The molecule has 0 unspecified atom stereocenters. The van der Waals surface area contributed by atoms with Crippen LogP contribution in [-0.2, 0) is 4.79 Å². The van der Waals surface area contributed by atoms with E-state index in [1.807, 2.05) is 29.7 Å². The van der Waals surface area contributed by atoms with Gasteiger partial charge in [-0.3, -0.25) is 0 Å². The van der Waals surface area contributed by atoms with Crippen molar-refractivity contribution in [3.05, 3.63) is 46.3 Å². The predicted molar refractivity (Wildman–Crippen MR) is 112 cm³/mol. The molecule has 0 bridgehead atoms. The number of carbonyl (C=O) groups is 1. The molecule has 2 aromatic carbocycles. The molecule has 0 amide bonds. The molecule has 0 aliphatic rings. The maximum absolute atomic E-state index is 10.7. The summed E-state index contributed by atoms with van der Waals surface area (Å²) in [5, 5.41) is 22.5. The summed E-state index contributed by atoms with van der Waals surface area (Å²) < 4.78 is 12.4. The minimum Gasteiger partial charge on any atom is -0.507 e. The highest BCUT2D eigenvalue weighted by Crippen LogP contribution is 2.38. The van der Waals surface area contributed by atoms with Crippen LogP contribution in [0.4, 0.5) is 0 Å². The van der Waals surface area contributed by atoms with Gasteiger partial charge in [0.25, 0.3) is 0 Å². The van der Waals surface area contributed by atoms with Gasteiger partial charge >= 0.3 is 5.97 Å². The smallest absolute Gasteiger partial charge is 0.341 e. The van der Waals surface area contributed by atoms with E-state index in [-0.39, 0.29) is 5.75 Å². The van der Waals surface area contributed by atoms with Gasteiger partial charge in [-0.15, -0.1) is 22.7 Å². The number of aromatic nitrogens is 1. The van der Waals surface area contributed by atoms with E-state index >= 15 is 0 Å². The van der Waals surface area contributed by atoms with Crippen LogP contribution in [0.2, 0.25) is 0 Å². The number of carboxylic acids is 1. The van der Waals surface area contributed by atoms with Crippen molar-refractivity contribution in [1.29, 1.82) is 0 Å². The topological polar surface area (TPSA) is 88.9 Å². The number of benzene rings is 2. The molecule has 0 fully saturated rings. The van der Waals surface area contributed by atoms with Gasteiger partial charge in [0, 0.05) is 11.5 Å². The van der Waals surface area contributed by atoms with Crippen LogP contribution in [0.25, 0.3) is 32.5 Å². The first-order chi connectivity index (χ1) is 13.5. The summed E-state index contributed by atoms with van der Waals surface area (Å²) in [6.45, 7) is -0.429. The van der Waals surface area contributed by atoms with Crippen molar-refractivity contribution in [3.8, 4) is 17.2 Å². The molecule has 4 aromatic rings. The second-order valence-electron chi connectivity index (χ2n) is 5.88. The number of nitrogens with zero attached hydrogens (tertiary/aromatic N) is 1. The van der Waals surface area contributed by atoms with Crippen molar-refractivity contribution >= 4 is 61.1 Å². The number of carboxylic acid groups (broad SMARTS) is 1. The van der Waals surface area contributed by atoms with Crippen LogP contribution < -0.4 is 9.47 Å². The van der Waals surface area contributed by atoms with Gasteiger partial charge in [-0.05, 0) is 35.2 Å². The number of aliphatic carboxylic acids is 1. The van der Waals surface area contributed by atoms with E-state index in [1.54, 1.807) is 29.5 Å². The fraction of sp³-hybridized carbons (Fsp3) is 0.100. The summed E-state index contributed by atoms with van der Waals surface area (Å²) in [5.41, 5.74) is 1.75. The van der Waals surface area contributed by atoms with Gasteiger partial charge in [-0.25, -0.2) is 9.78 Å². The zero-order valence-corrected chi connectivity index (χ0v) is 16.3. The number of rotatable bonds is 6. The molecule has 0 radical (unpaired) electrons. The van der Waals surface area contributed by atoms with Crippen LogP contribution in [0, 0.1) is 0 Å². The first kappa shape index (κ1) is 18.3. The molecule has 4 rings (SSSR count). The van der Waals surface area contributed by atoms with Gasteiger partial charge in [0.1, 0.15) is 10.8 Å². The molecule has 0 aliphatic carbocycles. The average molecular weight is 413 g/mol. The zero-order valence-electron chi connectivity index (χ0n) is 14.7. The molecular formula is C20H15NO5S2. The van der Waals surface area contributed by atoms with Crippen molar-refractivity contribution in [1.82, 2.24) is 4.98 Å². The Kier molecular flexibility index (Phi) is 4.89. The number of phenols is 1. The molecule has 6 nitrogen and oxygen atoms in total. The molecule has 2 heterocycles. The largest absolute Gasteiger partial charge is 0.507 e. The van der Waals surface area contributed by atoms with Crippen LogP contribution in [0.15, 0.2) is 35.7 Å². The normalized spacial score (nSPS) is 11.5. The molecule has 28 heavy (non-hydrogen) atoms. The quantitative estimate of drug-likeness (QED) is 0.469. The molecule has 0 atom stereocenters. The number of phenolic OH excluding ortho intramolecular Hbond substituents is 1. The molecule has 0 spiro atoms. The lowest BCUT2D eigenvalue weighted by molar-refractivity contribution is -0.139. The van der Waals surface area contributed by atoms with E-state index in [4.69, 9.17) is 14.6 Å². The third-order valence-electron chi connectivity index (χ3n) is 4.05. The number of thiazole rings is 1. The second kappa shape index (κ2) is 7.49. The molecule has 0 saturated carbocycles. The van der Waals surface area contributed by atoms with E-state index in [1.165, 1.54) is 18.4 Å². The lowest BCUT2D eigenvalue weighted by atomic mass is 10.2. The SMILES string of the molecule is COc1cc(/C=C/c2nc3c(cc(O)c4ccsc43)s2)ccc1OCC(=O)O. The third-order valence-corrected chi connectivity index (χ3v) is 5.94. The Morgan fingerprint density at radius 1 is 1.21 bits per heavy atom. The minimum absolute atomic E-state index is 0.268. The highest BCUT2D eigenvalue weighted by Gasteiger charge is 2.11. The third kappa shape index (κ3) is 3.51. The van der Waals surface area contributed by atoms with E-state index in [0.717, 1.165) is 30.9 Å². The zero-order chi connectivity index (χ0) is 19.7. The van der Waals surface area contributed by atoms with Crippen LogP contribution in [-0.4, -0.2) is 34.9 Å². The van der Waals surface area contributed by atoms with Gasteiger partial charge < -0.3 is 19.7 Å². The first-order valence-electron chi connectivity index (χ1n) is 8.25. The highest BCUT2D eigenvalue weighted by molar-refractivity contribution is 7.22. The van der Waals surface area contributed by atoms with Gasteiger partial charge in [0.2, 0.25) is 0 Å². The van der Waals surface area contributed by atoms with E-state index in [9.17, 15) is 9.90 Å². The summed E-state index contributed by atoms with van der Waals surface area (Å²) in [7, 11) is 1.50. The van der Waals surface area contributed by atoms with Crippen molar-refractivity contribution in [2.45, 2.75) is 0 Å². The Bertz CT molecular complexity index is 1210. The Morgan fingerprint density at radius 3 is 2.86 bits per heavy atom. The minimum atomic E-state index is -1.05. The summed E-state index contributed by atoms with van der Waals surface area (Å²) in [6, 6.07) is 8.89. The summed E-state index contributed by atoms with van der Waals surface area (Å²) in [4.78, 5) is 15.3. The maximum Gasteiger partial charge on any atom is 0.341 e. The van der Waals surface area contributed by atoms with Crippen LogP contribution in [0.5, 0.6) is 17.2 Å².